The second-order valence-electron chi connectivity index (χ2n) is 6.80. The minimum Gasteiger partial charge on any atom is -0.381 e. The van der Waals surface area contributed by atoms with E-state index >= 15 is 0 Å². The Labute approximate surface area is 161 Å². The zero-order valence-electron chi connectivity index (χ0n) is 15.5. The maximum absolute atomic E-state index is 12.5. The van der Waals surface area contributed by atoms with Gasteiger partial charge in [0.25, 0.3) is 0 Å². The molecule has 1 aliphatic heterocycles. The maximum atomic E-state index is 12.5. The van der Waals surface area contributed by atoms with Crippen molar-refractivity contribution in [3.63, 3.8) is 0 Å². The smallest absolute Gasteiger partial charge is 0.355 e. The summed E-state index contributed by atoms with van der Waals surface area (Å²) in [5, 5.41) is 7.34. The Balaban J connectivity index is 1.55. The highest BCUT2D eigenvalue weighted by Crippen LogP contribution is 2.20. The monoisotopic (exact) mass is 382 g/mol. The minimum absolute atomic E-state index is 0.162. The van der Waals surface area contributed by atoms with E-state index in [4.69, 9.17) is 4.74 Å². The fourth-order valence-electron chi connectivity index (χ4n) is 3.41. The predicted octanol–water partition coefficient (Wildman–Crippen LogP) is 1.64. The van der Waals surface area contributed by atoms with Crippen LogP contribution in [0, 0.1) is 0 Å². The summed E-state index contributed by atoms with van der Waals surface area (Å²) in [6.45, 7) is 3.02. The topological polar surface area (TPSA) is 107 Å². The van der Waals surface area contributed by atoms with Crippen LogP contribution in [0.1, 0.15) is 37.4 Å². The number of aromatic amines is 1. The Bertz CT molecular complexity index is 1020. The highest BCUT2D eigenvalue weighted by Gasteiger charge is 2.20. The van der Waals surface area contributed by atoms with E-state index in [2.05, 4.69) is 20.4 Å². The number of nitrogens with one attached hydrogen (secondary N) is 2. The molecule has 0 spiro atoms. The van der Waals surface area contributed by atoms with Gasteiger partial charge in [-0.25, -0.2) is 18.8 Å². The summed E-state index contributed by atoms with van der Waals surface area (Å²) in [7, 11) is 0. The number of aromatic nitrogens is 5. The Morgan fingerprint density at radius 1 is 1.25 bits per heavy atom. The van der Waals surface area contributed by atoms with Crippen LogP contribution in [0.15, 0.2) is 52.3 Å². The van der Waals surface area contributed by atoms with Crippen LogP contribution in [-0.2, 0) is 4.74 Å². The van der Waals surface area contributed by atoms with Gasteiger partial charge >= 0.3 is 11.4 Å². The molecule has 2 aromatic heterocycles. The number of anilines is 1. The molecule has 0 unspecified atom stereocenters. The Morgan fingerprint density at radius 2 is 2.07 bits per heavy atom. The fourth-order valence-corrected chi connectivity index (χ4v) is 3.41. The lowest BCUT2D eigenvalue weighted by Gasteiger charge is -2.23. The first-order valence-corrected chi connectivity index (χ1v) is 9.29. The van der Waals surface area contributed by atoms with E-state index in [9.17, 15) is 9.59 Å². The van der Waals surface area contributed by atoms with E-state index in [1.54, 1.807) is 10.9 Å². The van der Waals surface area contributed by atoms with Gasteiger partial charge < -0.3 is 10.1 Å². The number of rotatable bonds is 5. The number of benzene rings is 1. The first-order chi connectivity index (χ1) is 13.6. The van der Waals surface area contributed by atoms with Crippen LogP contribution < -0.4 is 16.7 Å². The van der Waals surface area contributed by atoms with Crippen LogP contribution in [0.2, 0.25) is 0 Å². The summed E-state index contributed by atoms with van der Waals surface area (Å²) in [5.41, 5.74) is 0.902. The zero-order chi connectivity index (χ0) is 19.5. The number of H-pyrrole nitrogens is 1. The molecule has 4 rings (SSSR count). The molecule has 1 aliphatic rings. The van der Waals surface area contributed by atoms with Gasteiger partial charge in [-0.05, 0) is 43.5 Å². The third-order valence-electron chi connectivity index (χ3n) is 4.91. The molecule has 3 aromatic rings. The summed E-state index contributed by atoms with van der Waals surface area (Å²) in [5.74, 6) is 0.162. The fraction of sp³-hybridized carbons (Fsp3) is 0.368. The van der Waals surface area contributed by atoms with Gasteiger partial charge in [-0.2, -0.15) is 10.1 Å². The predicted molar refractivity (Wildman–Crippen MR) is 104 cm³/mol. The first kappa shape index (κ1) is 18.2. The molecular formula is C19H22N6O3. The van der Waals surface area contributed by atoms with Crippen LogP contribution in [0.3, 0.4) is 0 Å². The normalized spacial score (nSPS) is 16.0. The molecule has 0 amide bonds. The average Bonchev–Trinajstić information content (AvgIpc) is 3.23. The van der Waals surface area contributed by atoms with Crippen LogP contribution >= 0.6 is 0 Å². The van der Waals surface area contributed by atoms with Crippen molar-refractivity contribution in [2.24, 2.45) is 0 Å². The van der Waals surface area contributed by atoms with Crippen LogP contribution in [0.4, 0.5) is 5.95 Å². The van der Waals surface area contributed by atoms with Crippen molar-refractivity contribution in [3.05, 3.63) is 69.3 Å². The molecule has 0 radical (unpaired) electrons. The van der Waals surface area contributed by atoms with Gasteiger partial charge in [-0.1, -0.05) is 12.1 Å². The molecule has 0 aliphatic carbocycles. The van der Waals surface area contributed by atoms with Crippen molar-refractivity contribution in [2.45, 2.75) is 31.8 Å². The molecule has 9 nitrogen and oxygen atoms in total. The summed E-state index contributed by atoms with van der Waals surface area (Å²) >= 11 is 0. The molecule has 0 saturated carbocycles. The quantitative estimate of drug-likeness (QED) is 0.695. The second-order valence-corrected chi connectivity index (χ2v) is 6.80. The summed E-state index contributed by atoms with van der Waals surface area (Å²) in [6, 6.07) is 9.36. The van der Waals surface area contributed by atoms with E-state index in [-0.39, 0.29) is 18.0 Å². The van der Waals surface area contributed by atoms with E-state index in [0.717, 1.165) is 11.3 Å². The van der Waals surface area contributed by atoms with Crippen molar-refractivity contribution < 1.29 is 4.74 Å². The molecule has 9 heteroatoms. The van der Waals surface area contributed by atoms with Gasteiger partial charge in [0.05, 0.1) is 11.7 Å². The largest absolute Gasteiger partial charge is 0.381 e. The lowest BCUT2D eigenvalue weighted by Crippen LogP contribution is -2.42. The van der Waals surface area contributed by atoms with Gasteiger partial charge in [-0.3, -0.25) is 4.98 Å². The van der Waals surface area contributed by atoms with Crippen molar-refractivity contribution in [1.29, 1.82) is 0 Å². The second kappa shape index (κ2) is 7.81. The Hall–Kier alpha value is -3.20. The number of hydrogen-bond acceptors (Lipinski definition) is 6. The molecule has 1 saturated heterocycles. The van der Waals surface area contributed by atoms with Gasteiger partial charge in [0.1, 0.15) is 0 Å². The molecule has 146 valence electrons. The standard InChI is InChI=1S/C19H22N6O3/c1-13(14-4-2-5-16(12-14)24-9-3-8-20-24)21-17-22-18(26)25(19(27)23-17)15-6-10-28-11-7-15/h2-5,8-9,12-13,15H,6-7,10-11H2,1H3,(H2,21,22,23,26,27)/t13-/m0/s1. The third-order valence-corrected chi connectivity index (χ3v) is 4.91. The van der Waals surface area contributed by atoms with E-state index in [1.165, 1.54) is 4.57 Å². The number of ether oxygens (including phenoxy) is 1. The molecule has 2 N–H and O–H groups in total. The molecule has 0 bridgehead atoms. The number of nitrogens with zero attached hydrogens (tertiary/aromatic N) is 4. The first-order valence-electron chi connectivity index (χ1n) is 9.29. The summed E-state index contributed by atoms with van der Waals surface area (Å²) < 4.78 is 8.26. The summed E-state index contributed by atoms with van der Waals surface area (Å²) in [6.07, 6.45) is 4.85. The zero-order valence-corrected chi connectivity index (χ0v) is 15.5. The van der Waals surface area contributed by atoms with Crippen LogP contribution in [-0.4, -0.2) is 37.5 Å². The molecule has 1 fully saturated rings. The molecular weight excluding hydrogens is 360 g/mol. The SMILES string of the molecule is C[C@H](Nc1nc(=O)n(C2CCOCC2)c(=O)[nH]1)c1cccc(-n2cccn2)c1. The van der Waals surface area contributed by atoms with Crippen molar-refractivity contribution in [1.82, 2.24) is 24.3 Å². The van der Waals surface area contributed by atoms with Crippen molar-refractivity contribution in [3.8, 4) is 5.69 Å². The summed E-state index contributed by atoms with van der Waals surface area (Å²) in [4.78, 5) is 31.6. The van der Waals surface area contributed by atoms with Crippen LogP contribution in [0.5, 0.6) is 0 Å². The third kappa shape index (κ3) is 3.74. The Morgan fingerprint density at radius 3 is 2.79 bits per heavy atom. The van der Waals surface area contributed by atoms with Crippen molar-refractivity contribution >= 4 is 5.95 Å². The van der Waals surface area contributed by atoms with Crippen molar-refractivity contribution in [2.75, 3.05) is 18.5 Å². The number of hydrogen-bond donors (Lipinski definition) is 2. The minimum atomic E-state index is -0.546. The van der Waals surface area contributed by atoms with E-state index in [1.807, 2.05) is 43.5 Å². The Kier molecular flexibility index (Phi) is 5.07. The van der Waals surface area contributed by atoms with E-state index in [0.29, 0.717) is 26.1 Å². The van der Waals surface area contributed by atoms with Gasteiger partial charge in [0, 0.05) is 31.6 Å². The molecule has 1 aromatic carbocycles. The van der Waals surface area contributed by atoms with Gasteiger partial charge in [-0.15, -0.1) is 0 Å². The average molecular weight is 382 g/mol. The highest BCUT2D eigenvalue weighted by atomic mass is 16.5. The highest BCUT2D eigenvalue weighted by molar-refractivity contribution is 5.39. The van der Waals surface area contributed by atoms with Crippen LogP contribution in [0.25, 0.3) is 5.69 Å². The van der Waals surface area contributed by atoms with Gasteiger partial charge in [0.2, 0.25) is 5.95 Å². The lowest BCUT2D eigenvalue weighted by molar-refractivity contribution is 0.0670. The maximum Gasteiger partial charge on any atom is 0.355 e. The molecule has 28 heavy (non-hydrogen) atoms. The van der Waals surface area contributed by atoms with Gasteiger partial charge in [0.15, 0.2) is 0 Å². The van der Waals surface area contributed by atoms with E-state index < -0.39 is 11.4 Å². The lowest BCUT2D eigenvalue weighted by atomic mass is 10.1. The molecule has 3 heterocycles. The molecule has 1 atom stereocenters.